The number of hydrogen-bond donors (Lipinski definition) is 1. The Hall–Kier alpha value is -1.85. The molecule has 4 nitrogen and oxygen atoms in total. The van der Waals surface area contributed by atoms with E-state index in [4.69, 9.17) is 17.3 Å². The van der Waals surface area contributed by atoms with Crippen molar-refractivity contribution in [3.63, 3.8) is 0 Å². The highest BCUT2D eigenvalue weighted by atomic mass is 35.5. The Morgan fingerprint density at radius 1 is 1.26 bits per heavy atom. The fourth-order valence-corrected chi connectivity index (χ4v) is 4.83. The summed E-state index contributed by atoms with van der Waals surface area (Å²) in [5.41, 5.74) is 7.96. The van der Waals surface area contributed by atoms with E-state index >= 15 is 0 Å². The van der Waals surface area contributed by atoms with Gasteiger partial charge in [0.2, 0.25) is 0 Å². The topological polar surface area (TPSA) is 60.9 Å². The van der Waals surface area contributed by atoms with Crippen LogP contribution in [0.1, 0.15) is 28.8 Å². The Morgan fingerprint density at radius 2 is 2.04 bits per heavy atom. The molecule has 1 aromatic carbocycles. The Bertz CT molecular complexity index is 960. The van der Waals surface area contributed by atoms with E-state index in [9.17, 15) is 4.79 Å². The smallest absolute Gasteiger partial charge is 0.350 e. The van der Waals surface area contributed by atoms with Gasteiger partial charge in [-0.25, -0.2) is 4.79 Å². The van der Waals surface area contributed by atoms with E-state index in [-0.39, 0.29) is 5.69 Å². The number of halogens is 1. The van der Waals surface area contributed by atoms with Crippen LogP contribution in [0.25, 0.3) is 10.2 Å². The zero-order valence-corrected chi connectivity index (χ0v) is 14.1. The number of aryl methyl sites for hydroxylation is 2. The lowest BCUT2D eigenvalue weighted by atomic mass is 9.97. The molecule has 6 heteroatoms. The largest absolute Gasteiger partial charge is 0.383 e. The third-order valence-corrected chi connectivity index (χ3v) is 6.07. The SMILES string of the molecule is Nc1nc(=O)n(Cc2ccccc2Cl)c2sc3c(c12)CCCC3. The van der Waals surface area contributed by atoms with Crippen molar-refractivity contribution in [3.8, 4) is 0 Å². The Kier molecular flexibility index (Phi) is 3.62. The van der Waals surface area contributed by atoms with Crippen molar-refractivity contribution in [1.29, 1.82) is 0 Å². The van der Waals surface area contributed by atoms with E-state index < -0.39 is 0 Å². The molecule has 0 atom stereocenters. The van der Waals surface area contributed by atoms with Gasteiger partial charge in [0.05, 0.1) is 11.9 Å². The van der Waals surface area contributed by atoms with E-state index in [0.717, 1.165) is 28.6 Å². The summed E-state index contributed by atoms with van der Waals surface area (Å²) in [6, 6.07) is 7.58. The maximum absolute atomic E-state index is 12.4. The van der Waals surface area contributed by atoms with Crippen LogP contribution in [0.5, 0.6) is 0 Å². The molecule has 2 aromatic heterocycles. The molecule has 23 heavy (non-hydrogen) atoms. The zero-order chi connectivity index (χ0) is 16.0. The number of hydrogen-bond acceptors (Lipinski definition) is 4. The molecule has 0 fully saturated rings. The fourth-order valence-electron chi connectivity index (χ4n) is 3.25. The van der Waals surface area contributed by atoms with Gasteiger partial charge in [0, 0.05) is 9.90 Å². The lowest BCUT2D eigenvalue weighted by molar-refractivity contribution is 0.700. The first kappa shape index (κ1) is 14.7. The predicted molar refractivity (Wildman–Crippen MR) is 95.5 cm³/mol. The number of nitrogens with zero attached hydrogens (tertiary/aromatic N) is 2. The number of benzene rings is 1. The van der Waals surface area contributed by atoms with Crippen LogP contribution in [-0.2, 0) is 19.4 Å². The Morgan fingerprint density at radius 3 is 2.87 bits per heavy atom. The average molecular weight is 346 g/mol. The normalized spacial score (nSPS) is 14.1. The summed E-state index contributed by atoms with van der Waals surface area (Å²) in [7, 11) is 0. The van der Waals surface area contributed by atoms with Crippen LogP contribution >= 0.6 is 22.9 Å². The van der Waals surface area contributed by atoms with Crippen molar-refractivity contribution in [2.24, 2.45) is 0 Å². The predicted octanol–water partition coefficient (Wildman–Crippen LogP) is 3.62. The third-order valence-electron chi connectivity index (χ3n) is 4.39. The molecule has 0 bridgehead atoms. The standard InChI is InChI=1S/C17H16ClN3OS/c18-12-7-3-1-5-10(12)9-21-16-14(15(19)20-17(21)22)11-6-2-4-8-13(11)23-16/h1,3,5,7H,2,4,6,8-9H2,(H2,19,20,22). The number of nitrogens with two attached hydrogens (primary N) is 1. The summed E-state index contributed by atoms with van der Waals surface area (Å²) in [5.74, 6) is 0.361. The van der Waals surface area contributed by atoms with Gasteiger partial charge >= 0.3 is 5.69 Å². The van der Waals surface area contributed by atoms with Gasteiger partial charge in [-0.15, -0.1) is 11.3 Å². The van der Waals surface area contributed by atoms with Gasteiger partial charge in [0.15, 0.2) is 0 Å². The molecule has 2 N–H and O–H groups in total. The molecule has 2 heterocycles. The average Bonchev–Trinajstić information content (AvgIpc) is 2.92. The number of fused-ring (bicyclic) bond motifs is 3. The third kappa shape index (κ3) is 2.44. The first-order valence-electron chi connectivity index (χ1n) is 7.69. The molecule has 0 spiro atoms. The molecule has 1 aliphatic rings. The minimum atomic E-state index is -0.312. The second-order valence-electron chi connectivity index (χ2n) is 5.85. The summed E-state index contributed by atoms with van der Waals surface area (Å²) >= 11 is 7.93. The minimum absolute atomic E-state index is 0.312. The molecule has 4 rings (SSSR count). The van der Waals surface area contributed by atoms with Crippen molar-refractivity contribution in [3.05, 3.63) is 55.8 Å². The molecule has 118 valence electrons. The summed E-state index contributed by atoms with van der Waals surface area (Å²) in [5, 5.41) is 1.63. The molecule has 0 aliphatic heterocycles. The number of nitrogen functional groups attached to an aromatic ring is 1. The molecular weight excluding hydrogens is 330 g/mol. The van der Waals surface area contributed by atoms with E-state index in [0.29, 0.717) is 17.4 Å². The maximum Gasteiger partial charge on any atom is 0.350 e. The quantitative estimate of drug-likeness (QED) is 0.771. The molecule has 0 saturated heterocycles. The van der Waals surface area contributed by atoms with Gasteiger partial charge in [0.1, 0.15) is 10.6 Å². The van der Waals surface area contributed by atoms with Gasteiger partial charge in [-0.3, -0.25) is 4.57 Å². The highest BCUT2D eigenvalue weighted by molar-refractivity contribution is 7.19. The van der Waals surface area contributed by atoms with E-state index in [1.54, 1.807) is 15.9 Å². The van der Waals surface area contributed by atoms with Crippen LogP contribution in [0.15, 0.2) is 29.1 Å². The van der Waals surface area contributed by atoms with Gasteiger partial charge in [0.25, 0.3) is 0 Å². The first-order chi connectivity index (χ1) is 11.1. The summed E-state index contributed by atoms with van der Waals surface area (Å²) in [6.45, 7) is 0.418. The van der Waals surface area contributed by atoms with E-state index in [2.05, 4.69) is 4.98 Å². The number of rotatable bonds is 2. The molecule has 1 aliphatic carbocycles. The Balaban J connectivity index is 1.94. The summed E-state index contributed by atoms with van der Waals surface area (Å²) in [6.07, 6.45) is 4.45. The zero-order valence-electron chi connectivity index (χ0n) is 12.5. The highest BCUT2D eigenvalue weighted by Gasteiger charge is 2.21. The van der Waals surface area contributed by atoms with Gasteiger partial charge in [-0.1, -0.05) is 29.8 Å². The Labute approximate surface area is 142 Å². The number of aromatic nitrogens is 2. The fraction of sp³-hybridized carbons (Fsp3) is 0.294. The van der Waals surface area contributed by atoms with Crippen LogP contribution in [0.2, 0.25) is 5.02 Å². The lowest BCUT2D eigenvalue weighted by Crippen LogP contribution is -2.24. The molecule has 0 amide bonds. The molecular formula is C17H16ClN3OS. The van der Waals surface area contributed by atoms with Crippen LogP contribution < -0.4 is 11.4 Å². The molecule has 0 unspecified atom stereocenters. The second-order valence-corrected chi connectivity index (χ2v) is 7.34. The molecule has 0 radical (unpaired) electrons. The minimum Gasteiger partial charge on any atom is -0.383 e. The molecule has 0 saturated carbocycles. The molecule has 3 aromatic rings. The summed E-state index contributed by atoms with van der Waals surface area (Å²) in [4.78, 5) is 18.7. The monoisotopic (exact) mass is 345 g/mol. The van der Waals surface area contributed by atoms with Crippen LogP contribution in [-0.4, -0.2) is 9.55 Å². The number of anilines is 1. The summed E-state index contributed by atoms with van der Waals surface area (Å²) < 4.78 is 1.70. The van der Waals surface area contributed by atoms with Gasteiger partial charge in [-0.05, 0) is 42.9 Å². The van der Waals surface area contributed by atoms with Crippen molar-refractivity contribution < 1.29 is 0 Å². The van der Waals surface area contributed by atoms with E-state index in [1.165, 1.54) is 23.3 Å². The van der Waals surface area contributed by atoms with Crippen LogP contribution in [0, 0.1) is 0 Å². The van der Waals surface area contributed by atoms with E-state index in [1.807, 2.05) is 24.3 Å². The van der Waals surface area contributed by atoms with Crippen molar-refractivity contribution in [2.45, 2.75) is 32.2 Å². The number of thiophene rings is 1. The maximum atomic E-state index is 12.4. The van der Waals surface area contributed by atoms with Crippen molar-refractivity contribution in [1.82, 2.24) is 9.55 Å². The van der Waals surface area contributed by atoms with Crippen LogP contribution in [0.3, 0.4) is 0 Å². The van der Waals surface area contributed by atoms with Crippen molar-refractivity contribution >= 4 is 39.0 Å². The van der Waals surface area contributed by atoms with Crippen molar-refractivity contribution in [2.75, 3.05) is 5.73 Å². The lowest BCUT2D eigenvalue weighted by Gasteiger charge is -2.11. The van der Waals surface area contributed by atoms with Gasteiger partial charge in [-0.2, -0.15) is 4.98 Å². The highest BCUT2D eigenvalue weighted by Crippen LogP contribution is 2.38. The first-order valence-corrected chi connectivity index (χ1v) is 8.88. The second kappa shape index (κ2) is 5.65. The van der Waals surface area contributed by atoms with Crippen LogP contribution in [0.4, 0.5) is 5.82 Å². The van der Waals surface area contributed by atoms with Gasteiger partial charge < -0.3 is 5.73 Å².